The van der Waals surface area contributed by atoms with Crippen molar-refractivity contribution in [3.05, 3.63) is 16.1 Å². The van der Waals surface area contributed by atoms with Gasteiger partial charge in [0.15, 0.2) is 0 Å². The van der Waals surface area contributed by atoms with Gasteiger partial charge in [-0.2, -0.15) is 0 Å². The van der Waals surface area contributed by atoms with E-state index in [1.54, 1.807) is 11.3 Å². The van der Waals surface area contributed by atoms with Crippen molar-refractivity contribution < 1.29 is 9.90 Å². The van der Waals surface area contributed by atoms with E-state index < -0.39 is 5.97 Å². The minimum atomic E-state index is -0.639. The van der Waals surface area contributed by atoms with Crippen LogP contribution >= 0.6 is 11.3 Å². The van der Waals surface area contributed by atoms with Crippen LogP contribution in [0.1, 0.15) is 30.0 Å². The highest BCUT2D eigenvalue weighted by atomic mass is 32.1. The number of thiazole rings is 1. The molecule has 2 N–H and O–H groups in total. The molecule has 0 aliphatic heterocycles. The lowest BCUT2D eigenvalue weighted by Crippen LogP contribution is -2.28. The Kier molecular flexibility index (Phi) is 4.12. The van der Waals surface area contributed by atoms with Crippen molar-refractivity contribution in [2.45, 2.75) is 32.7 Å². The van der Waals surface area contributed by atoms with Crippen LogP contribution in [0.3, 0.4) is 0 Å². The molecule has 1 heterocycles. The molecule has 1 aliphatic carbocycles. The van der Waals surface area contributed by atoms with Gasteiger partial charge >= 0.3 is 5.97 Å². The zero-order chi connectivity index (χ0) is 12.3. The van der Waals surface area contributed by atoms with Gasteiger partial charge in [-0.05, 0) is 32.2 Å². The number of carbonyl (C=O) groups is 1. The van der Waals surface area contributed by atoms with Crippen molar-refractivity contribution in [3.63, 3.8) is 0 Å². The molecule has 0 amide bonds. The van der Waals surface area contributed by atoms with Crippen LogP contribution in [-0.2, 0) is 11.3 Å². The molecular weight excluding hydrogens is 236 g/mol. The fourth-order valence-electron chi connectivity index (χ4n) is 2.45. The molecule has 17 heavy (non-hydrogen) atoms. The summed E-state index contributed by atoms with van der Waals surface area (Å²) in [6.45, 7) is 3.52. The zero-order valence-corrected chi connectivity index (χ0v) is 10.8. The van der Waals surface area contributed by atoms with Crippen LogP contribution in [0, 0.1) is 18.8 Å². The average molecular weight is 254 g/mol. The minimum absolute atomic E-state index is 0.152. The predicted octanol–water partition coefficient (Wildman–Crippen LogP) is 2.04. The van der Waals surface area contributed by atoms with Crippen LogP contribution < -0.4 is 5.32 Å². The molecule has 1 aliphatic rings. The summed E-state index contributed by atoms with van der Waals surface area (Å²) in [4.78, 5) is 15.4. The van der Waals surface area contributed by atoms with E-state index in [4.69, 9.17) is 5.11 Å². The third kappa shape index (κ3) is 3.26. The lowest BCUT2D eigenvalue weighted by molar-refractivity contribution is -0.142. The molecule has 1 saturated carbocycles. The first-order valence-corrected chi connectivity index (χ1v) is 6.89. The maximum absolute atomic E-state index is 11.0. The second kappa shape index (κ2) is 5.60. The van der Waals surface area contributed by atoms with Gasteiger partial charge in [-0.25, -0.2) is 4.98 Å². The van der Waals surface area contributed by atoms with Gasteiger partial charge in [0.1, 0.15) is 5.01 Å². The molecule has 0 spiro atoms. The number of hydrogen-bond donors (Lipinski definition) is 2. The normalized spacial score (nSPS) is 24.1. The van der Waals surface area contributed by atoms with Gasteiger partial charge in [0, 0.05) is 17.6 Å². The summed E-state index contributed by atoms with van der Waals surface area (Å²) < 4.78 is 0. The van der Waals surface area contributed by atoms with E-state index in [1.165, 1.54) is 0 Å². The standard InChI is InChI=1S/C12H18N2O2S/c1-8-7-17-11(14-8)6-13-5-9-3-2-4-10(9)12(15)16/h7,9-10,13H,2-6H2,1H3,(H,15,16). The Morgan fingerprint density at radius 3 is 3.12 bits per heavy atom. The Labute approximate surface area is 105 Å². The highest BCUT2D eigenvalue weighted by Crippen LogP contribution is 2.31. The Morgan fingerprint density at radius 2 is 2.47 bits per heavy atom. The van der Waals surface area contributed by atoms with Crippen molar-refractivity contribution in [1.82, 2.24) is 10.3 Å². The number of aliphatic carboxylic acids is 1. The molecule has 4 nitrogen and oxygen atoms in total. The number of rotatable bonds is 5. The fourth-order valence-corrected chi connectivity index (χ4v) is 3.20. The van der Waals surface area contributed by atoms with E-state index in [0.29, 0.717) is 0 Å². The van der Waals surface area contributed by atoms with Crippen LogP contribution in [0.4, 0.5) is 0 Å². The number of aryl methyl sites for hydroxylation is 1. The summed E-state index contributed by atoms with van der Waals surface area (Å²) in [5, 5.41) is 15.5. The molecule has 5 heteroatoms. The number of carboxylic acids is 1. The maximum Gasteiger partial charge on any atom is 0.306 e. The van der Waals surface area contributed by atoms with E-state index in [0.717, 1.165) is 43.1 Å². The molecule has 0 radical (unpaired) electrons. The lowest BCUT2D eigenvalue weighted by atomic mass is 9.96. The first-order chi connectivity index (χ1) is 8.16. The fraction of sp³-hybridized carbons (Fsp3) is 0.667. The van der Waals surface area contributed by atoms with Crippen LogP contribution in [0.2, 0.25) is 0 Å². The van der Waals surface area contributed by atoms with E-state index >= 15 is 0 Å². The first-order valence-electron chi connectivity index (χ1n) is 6.01. The monoisotopic (exact) mass is 254 g/mol. The van der Waals surface area contributed by atoms with E-state index in [9.17, 15) is 4.79 Å². The van der Waals surface area contributed by atoms with Crippen LogP contribution in [0.25, 0.3) is 0 Å². The van der Waals surface area contributed by atoms with E-state index in [-0.39, 0.29) is 11.8 Å². The number of carboxylic acid groups (broad SMARTS) is 1. The van der Waals surface area contributed by atoms with Gasteiger partial charge in [0.2, 0.25) is 0 Å². The topological polar surface area (TPSA) is 62.2 Å². The molecule has 0 saturated heterocycles. The molecule has 0 bridgehead atoms. The maximum atomic E-state index is 11.0. The summed E-state index contributed by atoms with van der Waals surface area (Å²) in [6.07, 6.45) is 2.90. The van der Waals surface area contributed by atoms with E-state index in [1.807, 2.05) is 12.3 Å². The molecule has 0 aromatic carbocycles. The van der Waals surface area contributed by atoms with E-state index in [2.05, 4.69) is 10.3 Å². The first kappa shape index (κ1) is 12.5. The second-order valence-electron chi connectivity index (χ2n) is 4.65. The van der Waals surface area contributed by atoms with Crippen LogP contribution in [-0.4, -0.2) is 22.6 Å². The quantitative estimate of drug-likeness (QED) is 0.844. The zero-order valence-electron chi connectivity index (χ0n) is 9.98. The average Bonchev–Trinajstić information content (AvgIpc) is 2.87. The molecule has 2 atom stereocenters. The van der Waals surface area contributed by atoms with Crippen molar-refractivity contribution >= 4 is 17.3 Å². The number of nitrogens with zero attached hydrogens (tertiary/aromatic N) is 1. The number of aromatic nitrogens is 1. The Morgan fingerprint density at radius 1 is 1.65 bits per heavy atom. The highest BCUT2D eigenvalue weighted by molar-refractivity contribution is 7.09. The molecule has 1 fully saturated rings. The molecule has 2 unspecified atom stereocenters. The Balaban J connectivity index is 1.76. The molecule has 1 aromatic heterocycles. The Bertz CT molecular complexity index is 392. The molecule has 2 rings (SSSR count). The summed E-state index contributed by atoms with van der Waals surface area (Å²) in [5.74, 6) is -0.506. The smallest absolute Gasteiger partial charge is 0.306 e. The van der Waals surface area contributed by atoms with Gasteiger partial charge in [-0.1, -0.05) is 6.42 Å². The van der Waals surface area contributed by atoms with Gasteiger partial charge in [-0.3, -0.25) is 4.79 Å². The largest absolute Gasteiger partial charge is 0.481 e. The predicted molar refractivity (Wildman–Crippen MR) is 67.0 cm³/mol. The number of nitrogens with one attached hydrogen (secondary N) is 1. The van der Waals surface area contributed by atoms with Crippen LogP contribution in [0.5, 0.6) is 0 Å². The van der Waals surface area contributed by atoms with Crippen molar-refractivity contribution in [2.75, 3.05) is 6.54 Å². The molecular formula is C12H18N2O2S. The molecule has 1 aromatic rings. The third-order valence-electron chi connectivity index (χ3n) is 3.33. The lowest BCUT2D eigenvalue weighted by Gasteiger charge is -2.15. The van der Waals surface area contributed by atoms with Crippen LogP contribution in [0.15, 0.2) is 5.38 Å². The number of hydrogen-bond acceptors (Lipinski definition) is 4. The molecule has 94 valence electrons. The van der Waals surface area contributed by atoms with Crippen molar-refractivity contribution in [2.24, 2.45) is 11.8 Å². The van der Waals surface area contributed by atoms with Gasteiger partial charge < -0.3 is 10.4 Å². The minimum Gasteiger partial charge on any atom is -0.481 e. The van der Waals surface area contributed by atoms with Crippen molar-refractivity contribution in [3.8, 4) is 0 Å². The van der Waals surface area contributed by atoms with Crippen molar-refractivity contribution in [1.29, 1.82) is 0 Å². The van der Waals surface area contributed by atoms with Gasteiger partial charge in [0.05, 0.1) is 5.92 Å². The summed E-state index contributed by atoms with van der Waals surface area (Å²) in [6, 6.07) is 0. The summed E-state index contributed by atoms with van der Waals surface area (Å²) >= 11 is 1.65. The highest BCUT2D eigenvalue weighted by Gasteiger charge is 2.32. The third-order valence-corrected chi connectivity index (χ3v) is 4.29. The second-order valence-corrected chi connectivity index (χ2v) is 5.59. The summed E-state index contributed by atoms with van der Waals surface area (Å²) in [7, 11) is 0. The SMILES string of the molecule is Cc1csc(CNCC2CCCC2C(=O)O)n1. The Hall–Kier alpha value is -0.940. The van der Waals surface area contributed by atoms with Gasteiger partial charge in [0.25, 0.3) is 0 Å². The summed E-state index contributed by atoms with van der Waals surface area (Å²) in [5.41, 5.74) is 1.05. The van der Waals surface area contributed by atoms with Gasteiger partial charge in [-0.15, -0.1) is 11.3 Å².